The van der Waals surface area contributed by atoms with E-state index >= 15 is 0 Å². The van der Waals surface area contributed by atoms with Crippen LogP contribution in [0, 0.1) is 6.92 Å². The van der Waals surface area contributed by atoms with E-state index in [1.807, 2.05) is 0 Å². The number of nitrogen functional groups attached to an aromatic ring is 1. The zero-order chi connectivity index (χ0) is 10.0. The molecule has 2 nitrogen and oxygen atoms in total. The van der Waals surface area contributed by atoms with Gasteiger partial charge in [0.1, 0.15) is 0 Å². The fraction of sp³-hybridized carbons (Fsp3) is 0.375. The molecule has 0 aromatic carbocycles. The molecule has 0 saturated heterocycles. The lowest BCUT2D eigenvalue weighted by atomic mass is 10.1. The van der Waals surface area contributed by atoms with Crippen LogP contribution in [0.2, 0.25) is 0 Å². The summed E-state index contributed by atoms with van der Waals surface area (Å²) >= 11 is 5.46. The maximum atomic E-state index is 12.4. The Hall–Kier alpha value is -0.900. The lowest BCUT2D eigenvalue weighted by Crippen LogP contribution is -2.02. The number of aromatic nitrogens is 1. The van der Waals surface area contributed by atoms with Gasteiger partial charge in [-0.05, 0) is 13.0 Å². The molecule has 1 heterocycles. The molecular formula is C8H9ClF2N2. The number of rotatable bonds is 2. The van der Waals surface area contributed by atoms with Crippen LogP contribution in [0.25, 0.3) is 0 Å². The highest BCUT2D eigenvalue weighted by Crippen LogP contribution is 2.26. The zero-order valence-electron chi connectivity index (χ0n) is 7.02. The largest absolute Gasteiger partial charge is 0.397 e. The van der Waals surface area contributed by atoms with Crippen LogP contribution >= 0.6 is 11.6 Å². The molecule has 0 fully saturated rings. The second-order valence-corrected chi connectivity index (χ2v) is 2.90. The summed E-state index contributed by atoms with van der Waals surface area (Å²) in [4.78, 5) is 3.88. The summed E-state index contributed by atoms with van der Waals surface area (Å²) in [6.07, 6.45) is -2.58. The average Bonchev–Trinajstić information content (AvgIpc) is 2.08. The van der Waals surface area contributed by atoms with E-state index in [2.05, 4.69) is 4.98 Å². The summed E-state index contributed by atoms with van der Waals surface area (Å²) in [5.74, 6) is -0.0270. The summed E-state index contributed by atoms with van der Waals surface area (Å²) in [5.41, 5.74) is 6.25. The number of pyridine rings is 1. The Morgan fingerprint density at radius 2 is 2.23 bits per heavy atom. The molecule has 13 heavy (non-hydrogen) atoms. The molecule has 0 aliphatic heterocycles. The van der Waals surface area contributed by atoms with Gasteiger partial charge in [0, 0.05) is 5.56 Å². The number of nitrogens with two attached hydrogens (primary N) is 1. The van der Waals surface area contributed by atoms with Gasteiger partial charge < -0.3 is 5.73 Å². The van der Waals surface area contributed by atoms with Crippen LogP contribution in [0.5, 0.6) is 0 Å². The first kappa shape index (κ1) is 10.2. The molecule has 0 radical (unpaired) electrons. The van der Waals surface area contributed by atoms with E-state index in [0.29, 0.717) is 5.69 Å². The number of nitrogens with zero attached hydrogens (tertiary/aromatic N) is 1. The molecule has 0 atom stereocenters. The minimum Gasteiger partial charge on any atom is -0.397 e. The smallest absolute Gasteiger partial charge is 0.265 e. The van der Waals surface area contributed by atoms with Gasteiger partial charge in [-0.2, -0.15) is 0 Å². The summed E-state index contributed by atoms with van der Waals surface area (Å²) in [5, 5.41) is 0. The standard InChI is InChI=1S/C8H9ClF2N2/c1-4-6(12)2-5(8(10)11)7(3-9)13-4/h2,8H,3,12H2,1H3. The van der Waals surface area contributed by atoms with Crippen LogP contribution in [-0.4, -0.2) is 4.98 Å². The normalized spacial score (nSPS) is 10.8. The Bertz CT molecular complexity index is 315. The molecule has 0 bridgehead atoms. The first-order chi connectivity index (χ1) is 6.06. The van der Waals surface area contributed by atoms with Gasteiger partial charge in [0.15, 0.2) is 0 Å². The van der Waals surface area contributed by atoms with Gasteiger partial charge in [0.2, 0.25) is 0 Å². The molecule has 72 valence electrons. The third kappa shape index (κ3) is 2.06. The summed E-state index contributed by atoms with van der Waals surface area (Å²) in [6.45, 7) is 1.65. The van der Waals surface area contributed by atoms with Crippen molar-refractivity contribution in [3.8, 4) is 0 Å². The topological polar surface area (TPSA) is 38.9 Å². The van der Waals surface area contributed by atoms with Crippen LogP contribution in [0.3, 0.4) is 0 Å². The van der Waals surface area contributed by atoms with Crippen molar-refractivity contribution in [3.05, 3.63) is 23.0 Å². The molecule has 0 aliphatic rings. The molecular weight excluding hydrogens is 198 g/mol. The molecule has 2 N–H and O–H groups in total. The van der Waals surface area contributed by atoms with Crippen LogP contribution in [0.1, 0.15) is 23.4 Å². The molecule has 0 spiro atoms. The van der Waals surface area contributed by atoms with Crippen LogP contribution in [-0.2, 0) is 5.88 Å². The Labute approximate surface area is 79.7 Å². The van der Waals surface area contributed by atoms with Crippen molar-refractivity contribution < 1.29 is 8.78 Å². The third-order valence-electron chi connectivity index (χ3n) is 1.73. The SMILES string of the molecule is Cc1nc(CCl)c(C(F)F)cc1N. The van der Waals surface area contributed by atoms with Crippen molar-refractivity contribution >= 4 is 17.3 Å². The number of anilines is 1. The minimum atomic E-state index is -2.58. The predicted octanol–water partition coefficient (Wildman–Crippen LogP) is 2.65. The molecule has 1 aromatic rings. The highest BCUT2D eigenvalue weighted by atomic mass is 35.5. The Morgan fingerprint density at radius 3 is 2.69 bits per heavy atom. The van der Waals surface area contributed by atoms with E-state index in [9.17, 15) is 8.78 Å². The van der Waals surface area contributed by atoms with Gasteiger partial charge >= 0.3 is 0 Å². The highest BCUT2D eigenvalue weighted by molar-refractivity contribution is 6.17. The lowest BCUT2D eigenvalue weighted by Gasteiger charge is -2.08. The van der Waals surface area contributed by atoms with Gasteiger partial charge in [0.25, 0.3) is 6.43 Å². The average molecular weight is 207 g/mol. The van der Waals surface area contributed by atoms with Gasteiger partial charge in [-0.15, -0.1) is 11.6 Å². The Kier molecular flexibility index (Phi) is 3.03. The molecule has 1 rings (SSSR count). The van der Waals surface area contributed by atoms with Gasteiger partial charge in [-0.3, -0.25) is 4.98 Å². The number of aryl methyl sites for hydroxylation is 1. The van der Waals surface area contributed by atoms with E-state index in [4.69, 9.17) is 17.3 Å². The Balaban J connectivity index is 3.25. The third-order valence-corrected chi connectivity index (χ3v) is 1.98. The van der Waals surface area contributed by atoms with Crippen molar-refractivity contribution in [3.63, 3.8) is 0 Å². The van der Waals surface area contributed by atoms with Crippen molar-refractivity contribution in [1.29, 1.82) is 0 Å². The first-order valence-corrected chi connectivity index (χ1v) is 4.19. The Morgan fingerprint density at radius 1 is 1.62 bits per heavy atom. The van der Waals surface area contributed by atoms with Crippen LogP contribution < -0.4 is 5.73 Å². The molecule has 0 amide bonds. The van der Waals surface area contributed by atoms with Crippen molar-refractivity contribution in [2.75, 3.05) is 5.73 Å². The van der Waals surface area contributed by atoms with E-state index in [1.54, 1.807) is 6.92 Å². The quantitative estimate of drug-likeness (QED) is 0.756. The number of hydrogen-bond acceptors (Lipinski definition) is 2. The second-order valence-electron chi connectivity index (χ2n) is 2.63. The van der Waals surface area contributed by atoms with E-state index in [0.717, 1.165) is 0 Å². The fourth-order valence-electron chi connectivity index (χ4n) is 0.983. The molecule has 5 heteroatoms. The lowest BCUT2D eigenvalue weighted by molar-refractivity contribution is 0.150. The molecule has 0 saturated carbocycles. The van der Waals surface area contributed by atoms with Crippen molar-refractivity contribution in [2.45, 2.75) is 19.2 Å². The van der Waals surface area contributed by atoms with Gasteiger partial charge in [-0.25, -0.2) is 8.78 Å². The number of hydrogen-bond donors (Lipinski definition) is 1. The van der Waals surface area contributed by atoms with Crippen LogP contribution in [0.4, 0.5) is 14.5 Å². The monoisotopic (exact) mass is 206 g/mol. The maximum absolute atomic E-state index is 12.4. The molecule has 1 aromatic heterocycles. The zero-order valence-corrected chi connectivity index (χ0v) is 7.78. The fourth-order valence-corrected chi connectivity index (χ4v) is 1.20. The van der Waals surface area contributed by atoms with E-state index in [1.165, 1.54) is 6.07 Å². The van der Waals surface area contributed by atoms with Crippen molar-refractivity contribution in [2.24, 2.45) is 0 Å². The summed E-state index contributed by atoms with van der Waals surface area (Å²) in [6, 6.07) is 1.23. The van der Waals surface area contributed by atoms with E-state index in [-0.39, 0.29) is 22.8 Å². The predicted molar refractivity (Wildman–Crippen MR) is 47.9 cm³/mol. The number of halogens is 3. The summed E-state index contributed by atoms with van der Waals surface area (Å²) in [7, 11) is 0. The van der Waals surface area contributed by atoms with Gasteiger partial charge in [0.05, 0.1) is 23.0 Å². The first-order valence-electron chi connectivity index (χ1n) is 3.66. The van der Waals surface area contributed by atoms with Crippen LogP contribution in [0.15, 0.2) is 6.07 Å². The van der Waals surface area contributed by atoms with E-state index < -0.39 is 6.43 Å². The highest BCUT2D eigenvalue weighted by Gasteiger charge is 2.15. The molecule has 0 aliphatic carbocycles. The number of alkyl halides is 3. The minimum absolute atomic E-state index is 0.0270. The second kappa shape index (κ2) is 3.87. The molecule has 0 unspecified atom stereocenters. The maximum Gasteiger partial charge on any atom is 0.265 e. The van der Waals surface area contributed by atoms with Gasteiger partial charge in [-0.1, -0.05) is 0 Å². The van der Waals surface area contributed by atoms with Crippen molar-refractivity contribution in [1.82, 2.24) is 4.98 Å². The summed E-state index contributed by atoms with van der Waals surface area (Å²) < 4.78 is 24.7.